The van der Waals surface area contributed by atoms with Crippen LogP contribution < -0.4 is 10.1 Å². The number of carbonyl (C=O) groups is 1. The van der Waals surface area contributed by atoms with E-state index in [1.165, 1.54) is 5.56 Å². The number of benzene rings is 3. The van der Waals surface area contributed by atoms with Crippen LogP contribution >= 0.6 is 11.6 Å². The van der Waals surface area contributed by atoms with Gasteiger partial charge in [-0.25, -0.2) is 4.98 Å². The van der Waals surface area contributed by atoms with Crippen LogP contribution in [0.2, 0.25) is 5.02 Å². The average molecular weight is 430 g/mol. The topological polar surface area (TPSA) is 64.1 Å². The summed E-state index contributed by atoms with van der Waals surface area (Å²) in [5.74, 6) is 1.45. The van der Waals surface area contributed by atoms with Gasteiger partial charge in [-0.1, -0.05) is 53.6 Å². The first kappa shape index (κ1) is 20.6. The zero-order valence-electron chi connectivity index (χ0n) is 16.9. The van der Waals surface area contributed by atoms with Crippen LogP contribution in [0.5, 0.6) is 11.6 Å². The molecule has 4 rings (SSSR count). The molecule has 3 aromatic carbocycles. The Bertz CT molecular complexity index is 1170. The molecule has 4 aromatic rings. The lowest BCUT2D eigenvalue weighted by Crippen LogP contribution is -2.22. The van der Waals surface area contributed by atoms with Crippen molar-refractivity contribution in [3.63, 3.8) is 0 Å². The monoisotopic (exact) mass is 429 g/mol. The lowest BCUT2D eigenvalue weighted by molar-refractivity contribution is 0.0951. The molecule has 0 unspecified atom stereocenters. The third kappa shape index (κ3) is 5.47. The van der Waals surface area contributed by atoms with Crippen LogP contribution in [0.1, 0.15) is 21.5 Å². The van der Waals surface area contributed by atoms with Crippen molar-refractivity contribution < 1.29 is 9.53 Å². The quantitative estimate of drug-likeness (QED) is 0.419. The van der Waals surface area contributed by atoms with E-state index in [-0.39, 0.29) is 5.91 Å². The highest BCUT2D eigenvalue weighted by molar-refractivity contribution is 6.30. The van der Waals surface area contributed by atoms with Crippen molar-refractivity contribution in [2.45, 2.75) is 13.5 Å². The van der Waals surface area contributed by atoms with Gasteiger partial charge in [-0.2, -0.15) is 4.98 Å². The lowest BCUT2D eigenvalue weighted by Gasteiger charge is -2.08. The molecule has 0 atom stereocenters. The number of amides is 1. The van der Waals surface area contributed by atoms with Crippen LogP contribution in [-0.4, -0.2) is 15.9 Å². The highest BCUT2D eigenvalue weighted by Gasteiger charge is 2.08. The van der Waals surface area contributed by atoms with Gasteiger partial charge in [-0.15, -0.1) is 0 Å². The Balaban J connectivity index is 1.39. The number of carbonyl (C=O) groups excluding carboxylic acids is 1. The molecule has 0 radical (unpaired) electrons. The van der Waals surface area contributed by atoms with Gasteiger partial charge in [0.25, 0.3) is 5.91 Å². The van der Waals surface area contributed by atoms with Crippen LogP contribution in [0.25, 0.3) is 11.4 Å². The van der Waals surface area contributed by atoms with Crippen molar-refractivity contribution in [2.24, 2.45) is 0 Å². The molecule has 0 saturated carbocycles. The number of nitrogens with one attached hydrogen (secondary N) is 1. The largest absolute Gasteiger partial charge is 0.439 e. The van der Waals surface area contributed by atoms with Gasteiger partial charge in [-0.05, 0) is 48.9 Å². The third-order valence-corrected chi connectivity index (χ3v) is 4.90. The number of ether oxygens (including phenoxy) is 1. The lowest BCUT2D eigenvalue weighted by atomic mass is 10.1. The second kappa shape index (κ2) is 9.41. The van der Waals surface area contributed by atoms with Crippen molar-refractivity contribution in [3.05, 3.63) is 107 Å². The minimum atomic E-state index is -0.162. The van der Waals surface area contributed by atoms with Crippen molar-refractivity contribution in [3.8, 4) is 23.0 Å². The molecule has 0 spiro atoms. The summed E-state index contributed by atoms with van der Waals surface area (Å²) in [5, 5.41) is 3.56. The number of nitrogens with zero attached hydrogens (tertiary/aromatic N) is 2. The Morgan fingerprint density at radius 3 is 2.35 bits per heavy atom. The van der Waals surface area contributed by atoms with Gasteiger partial charge in [0.05, 0.1) is 0 Å². The predicted octanol–water partition coefficient (Wildman–Crippen LogP) is 5.83. The van der Waals surface area contributed by atoms with Gasteiger partial charge >= 0.3 is 0 Å². The number of hydrogen-bond donors (Lipinski definition) is 1. The first-order valence-electron chi connectivity index (χ1n) is 9.77. The maximum Gasteiger partial charge on any atom is 0.251 e. The Hall–Kier alpha value is -3.70. The van der Waals surface area contributed by atoms with Crippen LogP contribution in [0.3, 0.4) is 0 Å². The van der Waals surface area contributed by atoms with Crippen LogP contribution in [0, 0.1) is 6.92 Å². The normalized spacial score (nSPS) is 10.5. The zero-order chi connectivity index (χ0) is 21.6. The van der Waals surface area contributed by atoms with Crippen molar-refractivity contribution >= 4 is 17.5 Å². The maximum absolute atomic E-state index is 12.4. The van der Waals surface area contributed by atoms with Gasteiger partial charge in [0.1, 0.15) is 5.75 Å². The SMILES string of the molecule is Cc1ccc(-c2nccc(Oc3ccc(C(=O)NCc4ccc(Cl)cc4)cc3)n2)cc1. The Kier molecular flexibility index (Phi) is 6.24. The van der Waals surface area contributed by atoms with E-state index in [9.17, 15) is 4.79 Å². The molecule has 1 heterocycles. The summed E-state index contributed by atoms with van der Waals surface area (Å²) < 4.78 is 5.84. The van der Waals surface area contributed by atoms with E-state index in [0.717, 1.165) is 11.1 Å². The van der Waals surface area contributed by atoms with Crippen molar-refractivity contribution in [2.75, 3.05) is 0 Å². The van der Waals surface area contributed by atoms with E-state index < -0.39 is 0 Å². The highest BCUT2D eigenvalue weighted by Crippen LogP contribution is 2.23. The van der Waals surface area contributed by atoms with Crippen LogP contribution in [0.4, 0.5) is 0 Å². The fraction of sp³-hybridized carbons (Fsp3) is 0.0800. The van der Waals surface area contributed by atoms with E-state index in [4.69, 9.17) is 16.3 Å². The van der Waals surface area contributed by atoms with Gasteiger partial charge in [0, 0.05) is 35.0 Å². The summed E-state index contributed by atoms with van der Waals surface area (Å²) in [4.78, 5) is 21.2. The fourth-order valence-electron chi connectivity index (χ4n) is 2.92. The van der Waals surface area contributed by atoms with E-state index in [1.807, 2.05) is 43.3 Å². The van der Waals surface area contributed by atoms with Gasteiger partial charge in [0.15, 0.2) is 5.82 Å². The molecule has 154 valence electrons. The number of rotatable bonds is 6. The molecule has 1 N–H and O–H groups in total. The summed E-state index contributed by atoms with van der Waals surface area (Å²) >= 11 is 5.88. The Morgan fingerprint density at radius 2 is 1.65 bits per heavy atom. The van der Waals surface area contributed by atoms with E-state index in [0.29, 0.717) is 34.6 Å². The molecule has 0 aliphatic heterocycles. The number of halogens is 1. The average Bonchev–Trinajstić information content (AvgIpc) is 2.80. The smallest absolute Gasteiger partial charge is 0.251 e. The Labute approximate surface area is 185 Å². The molecule has 0 aliphatic rings. The molecule has 31 heavy (non-hydrogen) atoms. The molecule has 0 saturated heterocycles. The summed E-state index contributed by atoms with van der Waals surface area (Å²) in [6.45, 7) is 2.46. The third-order valence-electron chi connectivity index (χ3n) is 4.65. The first-order valence-corrected chi connectivity index (χ1v) is 10.2. The van der Waals surface area contributed by atoms with Gasteiger partial charge in [0.2, 0.25) is 5.88 Å². The molecular formula is C25H20ClN3O2. The minimum Gasteiger partial charge on any atom is -0.439 e. The maximum atomic E-state index is 12.4. The Morgan fingerprint density at radius 1 is 0.935 bits per heavy atom. The molecule has 0 bridgehead atoms. The molecular weight excluding hydrogens is 410 g/mol. The van der Waals surface area contributed by atoms with Gasteiger partial charge in [-0.3, -0.25) is 4.79 Å². The van der Waals surface area contributed by atoms with E-state index in [1.54, 1.807) is 48.7 Å². The molecule has 0 fully saturated rings. The fourth-order valence-corrected chi connectivity index (χ4v) is 3.05. The second-order valence-corrected chi connectivity index (χ2v) is 7.46. The summed E-state index contributed by atoms with van der Waals surface area (Å²) in [5.41, 5.74) is 3.62. The predicted molar refractivity (Wildman–Crippen MR) is 121 cm³/mol. The van der Waals surface area contributed by atoms with Crippen LogP contribution in [-0.2, 0) is 6.54 Å². The number of aryl methyl sites for hydroxylation is 1. The molecule has 6 heteroatoms. The standard InChI is InChI=1S/C25H20ClN3O2/c1-17-2-6-19(7-3-17)24-27-15-14-23(29-24)31-22-12-8-20(9-13-22)25(30)28-16-18-4-10-21(26)11-5-18/h2-15H,16H2,1H3,(H,28,30). The summed E-state index contributed by atoms with van der Waals surface area (Å²) in [7, 11) is 0. The summed E-state index contributed by atoms with van der Waals surface area (Å²) in [6, 6.07) is 24.0. The molecule has 1 amide bonds. The van der Waals surface area contributed by atoms with E-state index >= 15 is 0 Å². The number of aromatic nitrogens is 2. The zero-order valence-corrected chi connectivity index (χ0v) is 17.6. The molecule has 1 aromatic heterocycles. The van der Waals surface area contributed by atoms with Gasteiger partial charge < -0.3 is 10.1 Å². The molecule has 0 aliphatic carbocycles. The number of hydrogen-bond acceptors (Lipinski definition) is 4. The minimum absolute atomic E-state index is 0.162. The van der Waals surface area contributed by atoms with Crippen molar-refractivity contribution in [1.29, 1.82) is 0 Å². The van der Waals surface area contributed by atoms with Crippen molar-refractivity contribution in [1.82, 2.24) is 15.3 Å². The van der Waals surface area contributed by atoms with E-state index in [2.05, 4.69) is 15.3 Å². The van der Waals surface area contributed by atoms with Crippen LogP contribution in [0.15, 0.2) is 85.1 Å². The summed E-state index contributed by atoms with van der Waals surface area (Å²) in [6.07, 6.45) is 1.66. The molecule has 5 nitrogen and oxygen atoms in total. The highest BCUT2D eigenvalue weighted by atomic mass is 35.5. The second-order valence-electron chi connectivity index (χ2n) is 7.02. The first-order chi connectivity index (χ1) is 15.1.